The predicted molar refractivity (Wildman–Crippen MR) is 182 cm³/mol. The Morgan fingerprint density at radius 2 is 1.65 bits per heavy atom. The second kappa shape index (κ2) is 11.7. The number of rotatable bonds is 7. The highest BCUT2D eigenvalue weighted by molar-refractivity contribution is 7.91. The smallest absolute Gasteiger partial charge is 0.380 e. The largest absolute Gasteiger partial charge is 0.534 e. The summed E-state index contributed by atoms with van der Waals surface area (Å²) in [5.74, 6) is 2.18. The Morgan fingerprint density at radius 3 is 2.27 bits per heavy atom. The zero-order valence-corrected chi connectivity index (χ0v) is 31.3. The van der Waals surface area contributed by atoms with Crippen molar-refractivity contribution in [3.05, 3.63) is 24.0 Å². The first kappa shape index (κ1) is 36.7. The molecule has 274 valence electrons. The van der Waals surface area contributed by atoms with Crippen LogP contribution in [0, 0.1) is 51.2 Å². The SMILES string of the molecule is C=C(C)[C@@H]1CC[C@]2(NCCN3CCS(=O)(=O)CC3)CC[C@]3(C)[C@H](CC[C@@H]4[C@@]5(C)CC=C(OS(=O)(=O)C(F)(F)F)C(C)(C)[C@@H]5CC[C@]43C)[C@@H]12. The zero-order chi connectivity index (χ0) is 35.3. The van der Waals surface area contributed by atoms with E-state index in [-0.39, 0.29) is 45.0 Å². The van der Waals surface area contributed by atoms with Gasteiger partial charge < -0.3 is 14.4 Å². The summed E-state index contributed by atoms with van der Waals surface area (Å²) in [4.78, 5) is 2.28. The van der Waals surface area contributed by atoms with Gasteiger partial charge in [0.25, 0.3) is 0 Å². The molecule has 4 saturated carbocycles. The van der Waals surface area contributed by atoms with Crippen molar-refractivity contribution < 1.29 is 34.2 Å². The Bertz CT molecular complexity index is 1550. The van der Waals surface area contributed by atoms with E-state index in [1.807, 2.05) is 13.8 Å². The van der Waals surface area contributed by atoms with Crippen LogP contribution in [0.25, 0.3) is 0 Å². The van der Waals surface area contributed by atoms with Crippen LogP contribution in [0.3, 0.4) is 0 Å². The van der Waals surface area contributed by atoms with Gasteiger partial charge in [-0.25, -0.2) is 8.42 Å². The Morgan fingerprint density at radius 1 is 0.979 bits per heavy atom. The normalized spacial score (nSPS) is 44.0. The van der Waals surface area contributed by atoms with E-state index in [1.54, 1.807) is 6.08 Å². The Labute approximate surface area is 286 Å². The third-order valence-electron chi connectivity index (χ3n) is 15.4. The van der Waals surface area contributed by atoms with Crippen LogP contribution in [0.5, 0.6) is 0 Å². The molecule has 5 aliphatic carbocycles. The van der Waals surface area contributed by atoms with Gasteiger partial charge >= 0.3 is 15.6 Å². The number of hydrogen-bond acceptors (Lipinski definition) is 7. The standard InChI is InChI=1S/C36H57F3N2O5S2/c1-24(2)25-10-15-35(40-18-19-41-20-22-47(42,43)23-21-41)17-16-33(6)26(30(25)35)8-9-28-32(5)13-12-29(46-48(44,45)36(37,38)39)31(3,4)27(32)11-14-34(28,33)7/h12,25-28,30,40H,1,8-11,13-23H2,2-7H3/t25-,26+,27-,28+,30+,32-,33+,34+,35-/m0/s1. The van der Waals surface area contributed by atoms with Crippen LogP contribution in [-0.2, 0) is 24.1 Å². The highest BCUT2D eigenvalue weighted by Gasteiger charge is 2.70. The lowest BCUT2D eigenvalue weighted by Gasteiger charge is -2.72. The van der Waals surface area contributed by atoms with Crippen molar-refractivity contribution in [2.45, 2.75) is 110 Å². The van der Waals surface area contributed by atoms with Crippen LogP contribution in [0.15, 0.2) is 24.0 Å². The van der Waals surface area contributed by atoms with Gasteiger partial charge in [-0.15, -0.1) is 0 Å². The van der Waals surface area contributed by atoms with E-state index in [9.17, 15) is 30.0 Å². The van der Waals surface area contributed by atoms with Crippen molar-refractivity contribution in [1.82, 2.24) is 10.2 Å². The lowest BCUT2D eigenvalue weighted by Crippen LogP contribution is -2.68. The molecule has 0 aromatic heterocycles. The summed E-state index contributed by atoms with van der Waals surface area (Å²) in [7, 11) is -8.65. The lowest BCUT2D eigenvalue weighted by molar-refractivity contribution is -0.223. The van der Waals surface area contributed by atoms with Crippen molar-refractivity contribution in [2.75, 3.05) is 37.7 Å². The quantitative estimate of drug-likeness (QED) is 0.171. The van der Waals surface area contributed by atoms with Gasteiger partial charge in [-0.2, -0.15) is 21.6 Å². The molecule has 0 amide bonds. The molecule has 0 aromatic carbocycles. The average Bonchev–Trinajstić information content (AvgIpc) is 3.35. The number of nitrogens with zero attached hydrogens (tertiary/aromatic N) is 1. The summed E-state index contributed by atoms with van der Waals surface area (Å²) >= 11 is 0. The fourth-order valence-electron chi connectivity index (χ4n) is 12.8. The van der Waals surface area contributed by atoms with E-state index in [4.69, 9.17) is 4.18 Å². The molecule has 48 heavy (non-hydrogen) atoms. The van der Waals surface area contributed by atoms with Crippen LogP contribution < -0.4 is 5.32 Å². The predicted octanol–water partition coefficient (Wildman–Crippen LogP) is 7.08. The number of fused-ring (bicyclic) bond motifs is 7. The second-order valence-electron chi connectivity index (χ2n) is 17.7. The molecule has 0 radical (unpaired) electrons. The monoisotopic (exact) mass is 718 g/mol. The first-order valence-corrected chi connectivity index (χ1v) is 21.3. The topological polar surface area (TPSA) is 92.8 Å². The van der Waals surface area contributed by atoms with Crippen LogP contribution in [-0.4, -0.2) is 70.5 Å². The molecule has 12 heteroatoms. The van der Waals surface area contributed by atoms with Crippen molar-refractivity contribution in [3.8, 4) is 0 Å². The molecule has 0 spiro atoms. The molecule has 9 atom stereocenters. The molecule has 1 saturated heterocycles. The maximum absolute atomic E-state index is 13.3. The van der Waals surface area contributed by atoms with E-state index in [2.05, 4.69) is 44.5 Å². The molecule has 1 heterocycles. The van der Waals surface area contributed by atoms with Crippen LogP contribution in [0.4, 0.5) is 13.2 Å². The molecule has 0 aromatic rings. The first-order valence-electron chi connectivity index (χ1n) is 18.1. The molecule has 0 unspecified atom stereocenters. The molecule has 5 fully saturated rings. The van der Waals surface area contributed by atoms with Crippen LogP contribution >= 0.6 is 0 Å². The summed E-state index contributed by atoms with van der Waals surface area (Å²) in [6, 6.07) is 0. The molecular formula is C36H57F3N2O5S2. The maximum Gasteiger partial charge on any atom is 0.534 e. The zero-order valence-electron chi connectivity index (χ0n) is 29.7. The minimum absolute atomic E-state index is 0.00423. The second-order valence-corrected chi connectivity index (χ2v) is 21.6. The van der Waals surface area contributed by atoms with Gasteiger partial charge in [-0.05, 0) is 117 Å². The van der Waals surface area contributed by atoms with E-state index >= 15 is 0 Å². The van der Waals surface area contributed by atoms with Crippen molar-refractivity contribution in [2.24, 2.45) is 51.2 Å². The van der Waals surface area contributed by atoms with Gasteiger partial charge in [-0.3, -0.25) is 0 Å². The summed E-state index contributed by atoms with van der Waals surface area (Å²) < 4.78 is 92.9. The molecule has 1 aliphatic heterocycles. The summed E-state index contributed by atoms with van der Waals surface area (Å²) in [6.07, 6.45) is 10.5. The van der Waals surface area contributed by atoms with Crippen molar-refractivity contribution >= 4 is 20.0 Å². The van der Waals surface area contributed by atoms with E-state index in [1.165, 1.54) is 5.57 Å². The molecule has 6 aliphatic rings. The number of nitrogens with one attached hydrogen (secondary N) is 1. The minimum atomic E-state index is -5.74. The Hall–Kier alpha value is -1.11. The molecule has 1 N–H and O–H groups in total. The highest BCUT2D eigenvalue weighted by Crippen LogP contribution is 2.76. The number of allylic oxidation sites excluding steroid dienone is 3. The average molecular weight is 719 g/mol. The van der Waals surface area contributed by atoms with Crippen LogP contribution in [0.2, 0.25) is 0 Å². The third-order valence-corrected chi connectivity index (χ3v) is 18.0. The van der Waals surface area contributed by atoms with Gasteiger partial charge in [0.15, 0.2) is 9.84 Å². The van der Waals surface area contributed by atoms with Gasteiger partial charge in [0.05, 0.1) is 11.5 Å². The van der Waals surface area contributed by atoms with Gasteiger partial charge in [0.1, 0.15) is 5.76 Å². The fourth-order valence-corrected chi connectivity index (χ4v) is 14.7. The number of alkyl halides is 3. The maximum atomic E-state index is 13.3. The molecule has 6 rings (SSSR count). The van der Waals surface area contributed by atoms with Crippen molar-refractivity contribution in [1.29, 1.82) is 0 Å². The highest BCUT2D eigenvalue weighted by atomic mass is 32.2. The van der Waals surface area contributed by atoms with Gasteiger partial charge in [0.2, 0.25) is 0 Å². The molecule has 0 bridgehead atoms. The minimum Gasteiger partial charge on any atom is -0.380 e. The Kier molecular flexibility index (Phi) is 8.94. The summed E-state index contributed by atoms with van der Waals surface area (Å²) in [5, 5.41) is 4.10. The van der Waals surface area contributed by atoms with E-state index in [0.29, 0.717) is 43.2 Å². The molecule has 7 nitrogen and oxygen atoms in total. The van der Waals surface area contributed by atoms with Crippen LogP contribution in [0.1, 0.15) is 99.3 Å². The summed E-state index contributed by atoms with van der Waals surface area (Å²) in [6.45, 7) is 20.7. The van der Waals surface area contributed by atoms with E-state index in [0.717, 1.165) is 64.5 Å². The van der Waals surface area contributed by atoms with Gasteiger partial charge in [-0.1, -0.05) is 46.8 Å². The molecular weight excluding hydrogens is 662 g/mol. The lowest BCUT2D eigenvalue weighted by atomic mass is 9.33. The van der Waals surface area contributed by atoms with E-state index < -0.39 is 30.9 Å². The first-order chi connectivity index (χ1) is 22.0. The number of halogens is 3. The van der Waals surface area contributed by atoms with Crippen molar-refractivity contribution in [3.63, 3.8) is 0 Å². The Balaban J connectivity index is 1.26. The third kappa shape index (κ3) is 5.54. The number of sulfone groups is 1. The van der Waals surface area contributed by atoms with Gasteiger partial charge in [0, 0.05) is 37.1 Å². The fraction of sp³-hybridized carbons (Fsp3) is 0.889. The summed E-state index contributed by atoms with van der Waals surface area (Å²) in [5.41, 5.74) is -5.13. The number of hydrogen-bond donors (Lipinski definition) is 1.